The predicted molar refractivity (Wildman–Crippen MR) is 65.2 cm³/mol. The van der Waals surface area contributed by atoms with E-state index in [1.54, 1.807) is 30.7 Å². The Morgan fingerprint density at radius 2 is 2.00 bits per heavy atom. The third-order valence-corrected chi connectivity index (χ3v) is 2.46. The van der Waals surface area contributed by atoms with Crippen LogP contribution in [0.5, 0.6) is 0 Å². The molecule has 0 spiro atoms. The van der Waals surface area contributed by atoms with Crippen molar-refractivity contribution in [1.29, 1.82) is 5.26 Å². The quantitative estimate of drug-likeness (QED) is 0.870. The van der Waals surface area contributed by atoms with Crippen LogP contribution < -0.4 is 5.32 Å². The summed E-state index contributed by atoms with van der Waals surface area (Å²) in [7, 11) is 0. The molecule has 2 rings (SSSR count). The van der Waals surface area contributed by atoms with Crippen molar-refractivity contribution in [2.45, 2.75) is 13.0 Å². The van der Waals surface area contributed by atoms with E-state index in [1.807, 2.05) is 18.2 Å². The number of rotatable bonds is 3. The van der Waals surface area contributed by atoms with Gasteiger partial charge in [-0.15, -0.1) is 0 Å². The van der Waals surface area contributed by atoms with Crippen molar-refractivity contribution in [3.63, 3.8) is 0 Å². The molecule has 0 aliphatic heterocycles. The highest BCUT2D eigenvalue weighted by atomic mass is 15.0. The van der Waals surface area contributed by atoms with Gasteiger partial charge in [-0.3, -0.25) is 4.98 Å². The first-order valence-electron chi connectivity index (χ1n) is 5.32. The Bertz CT molecular complexity index is 513. The molecule has 2 aromatic heterocycles. The maximum absolute atomic E-state index is 8.67. The van der Waals surface area contributed by atoms with Gasteiger partial charge in [0.05, 0.1) is 11.6 Å². The number of hydrogen-bond acceptors (Lipinski definition) is 4. The van der Waals surface area contributed by atoms with Crippen LogP contribution in [-0.4, -0.2) is 9.97 Å². The topological polar surface area (TPSA) is 61.6 Å². The van der Waals surface area contributed by atoms with Crippen LogP contribution in [0.2, 0.25) is 0 Å². The van der Waals surface area contributed by atoms with Gasteiger partial charge in [-0.2, -0.15) is 5.26 Å². The van der Waals surface area contributed by atoms with Crippen LogP contribution in [0.3, 0.4) is 0 Å². The average molecular weight is 224 g/mol. The predicted octanol–water partition coefficient (Wildman–Crippen LogP) is 2.52. The van der Waals surface area contributed by atoms with Gasteiger partial charge >= 0.3 is 0 Å². The highest BCUT2D eigenvalue weighted by Gasteiger charge is 2.05. The SMILES string of the molecule is CC(Nc1ccc(C#N)cn1)c1ccncc1. The first-order chi connectivity index (χ1) is 8.29. The standard InChI is InChI=1S/C13H12N4/c1-10(12-4-6-15-7-5-12)17-13-3-2-11(8-14)9-16-13/h2-7,9-10H,1H3,(H,16,17). The van der Waals surface area contributed by atoms with Crippen LogP contribution in [0, 0.1) is 11.3 Å². The molecule has 0 amide bonds. The first-order valence-corrected chi connectivity index (χ1v) is 5.32. The maximum Gasteiger partial charge on any atom is 0.126 e. The number of anilines is 1. The van der Waals surface area contributed by atoms with Crippen molar-refractivity contribution in [2.75, 3.05) is 5.32 Å². The van der Waals surface area contributed by atoms with E-state index in [0.29, 0.717) is 5.56 Å². The van der Waals surface area contributed by atoms with Gasteiger partial charge in [-0.25, -0.2) is 4.98 Å². The molecule has 0 aromatic carbocycles. The summed E-state index contributed by atoms with van der Waals surface area (Å²) in [5.41, 5.74) is 1.71. The van der Waals surface area contributed by atoms with Gasteiger partial charge in [0.2, 0.25) is 0 Å². The van der Waals surface area contributed by atoms with Gasteiger partial charge in [0, 0.05) is 18.6 Å². The third kappa shape index (κ3) is 2.79. The largest absolute Gasteiger partial charge is 0.364 e. The molecule has 1 unspecified atom stereocenters. The van der Waals surface area contributed by atoms with Gasteiger partial charge in [-0.05, 0) is 36.8 Å². The second-order valence-corrected chi connectivity index (χ2v) is 3.69. The number of nitrogens with one attached hydrogen (secondary N) is 1. The Morgan fingerprint density at radius 1 is 1.24 bits per heavy atom. The summed E-state index contributed by atoms with van der Waals surface area (Å²) in [5.74, 6) is 0.758. The van der Waals surface area contributed by atoms with Gasteiger partial charge < -0.3 is 5.32 Å². The van der Waals surface area contributed by atoms with E-state index < -0.39 is 0 Å². The molecule has 0 saturated heterocycles. The zero-order valence-corrected chi connectivity index (χ0v) is 9.46. The van der Waals surface area contributed by atoms with E-state index in [1.165, 1.54) is 0 Å². The fourth-order valence-electron chi connectivity index (χ4n) is 1.50. The van der Waals surface area contributed by atoms with E-state index in [-0.39, 0.29) is 6.04 Å². The van der Waals surface area contributed by atoms with Crippen LogP contribution >= 0.6 is 0 Å². The van der Waals surface area contributed by atoms with E-state index in [4.69, 9.17) is 5.26 Å². The van der Waals surface area contributed by atoms with Gasteiger partial charge in [0.25, 0.3) is 0 Å². The van der Waals surface area contributed by atoms with Crippen molar-refractivity contribution in [1.82, 2.24) is 9.97 Å². The zero-order chi connectivity index (χ0) is 12.1. The summed E-state index contributed by atoms with van der Waals surface area (Å²) in [5, 5.41) is 11.9. The average Bonchev–Trinajstić information content (AvgIpc) is 2.40. The van der Waals surface area contributed by atoms with Crippen LogP contribution in [0.1, 0.15) is 24.1 Å². The molecule has 0 radical (unpaired) electrons. The van der Waals surface area contributed by atoms with Crippen LogP contribution in [0.4, 0.5) is 5.82 Å². The minimum absolute atomic E-state index is 0.151. The van der Waals surface area contributed by atoms with Crippen LogP contribution in [0.15, 0.2) is 42.9 Å². The molecule has 0 fully saturated rings. The first kappa shape index (κ1) is 11.1. The Balaban J connectivity index is 2.08. The lowest BCUT2D eigenvalue weighted by Crippen LogP contribution is -2.07. The normalized spacial score (nSPS) is 11.5. The monoisotopic (exact) mass is 224 g/mol. The summed E-state index contributed by atoms with van der Waals surface area (Å²) >= 11 is 0. The number of nitrogens with zero attached hydrogens (tertiary/aromatic N) is 3. The van der Waals surface area contributed by atoms with Crippen molar-refractivity contribution in [3.05, 3.63) is 54.0 Å². The molecular weight excluding hydrogens is 212 g/mol. The molecule has 2 heterocycles. The van der Waals surface area contributed by atoms with Crippen LogP contribution in [-0.2, 0) is 0 Å². The maximum atomic E-state index is 8.67. The van der Waals surface area contributed by atoms with Gasteiger partial charge in [0.1, 0.15) is 11.9 Å². The zero-order valence-electron chi connectivity index (χ0n) is 9.46. The second kappa shape index (κ2) is 5.08. The minimum atomic E-state index is 0.151. The molecule has 0 aliphatic carbocycles. The highest BCUT2D eigenvalue weighted by Crippen LogP contribution is 2.16. The smallest absolute Gasteiger partial charge is 0.126 e. The number of aromatic nitrogens is 2. The highest BCUT2D eigenvalue weighted by molar-refractivity contribution is 5.41. The summed E-state index contributed by atoms with van der Waals surface area (Å²) < 4.78 is 0. The molecule has 0 saturated carbocycles. The van der Waals surface area contributed by atoms with E-state index in [9.17, 15) is 0 Å². The fourth-order valence-corrected chi connectivity index (χ4v) is 1.50. The Kier molecular flexibility index (Phi) is 3.31. The molecule has 4 heteroatoms. The summed E-state index contributed by atoms with van der Waals surface area (Å²) in [6.07, 6.45) is 5.08. The molecule has 84 valence electrons. The van der Waals surface area contributed by atoms with E-state index in [2.05, 4.69) is 22.2 Å². The number of nitriles is 1. The number of pyridine rings is 2. The number of hydrogen-bond donors (Lipinski definition) is 1. The lowest BCUT2D eigenvalue weighted by molar-refractivity contribution is 0.871. The minimum Gasteiger partial charge on any atom is -0.364 e. The van der Waals surface area contributed by atoms with Crippen molar-refractivity contribution in [2.24, 2.45) is 0 Å². The molecule has 4 nitrogen and oxygen atoms in total. The van der Waals surface area contributed by atoms with Crippen molar-refractivity contribution < 1.29 is 0 Å². The molecule has 1 atom stereocenters. The van der Waals surface area contributed by atoms with Crippen molar-refractivity contribution in [3.8, 4) is 6.07 Å². The van der Waals surface area contributed by atoms with E-state index in [0.717, 1.165) is 11.4 Å². The molecule has 0 bridgehead atoms. The lowest BCUT2D eigenvalue weighted by atomic mass is 10.1. The molecule has 17 heavy (non-hydrogen) atoms. The summed E-state index contributed by atoms with van der Waals surface area (Å²) in [4.78, 5) is 8.14. The van der Waals surface area contributed by atoms with Gasteiger partial charge in [0.15, 0.2) is 0 Å². The third-order valence-electron chi connectivity index (χ3n) is 2.46. The lowest BCUT2D eigenvalue weighted by Gasteiger charge is -2.14. The summed E-state index contributed by atoms with van der Waals surface area (Å²) in [6, 6.07) is 9.66. The molecule has 1 N–H and O–H groups in total. The molecule has 2 aromatic rings. The van der Waals surface area contributed by atoms with E-state index >= 15 is 0 Å². The van der Waals surface area contributed by atoms with Crippen molar-refractivity contribution >= 4 is 5.82 Å². The Labute approximate surface area is 100.0 Å². The van der Waals surface area contributed by atoms with Crippen LogP contribution in [0.25, 0.3) is 0 Å². The summed E-state index contributed by atoms with van der Waals surface area (Å²) in [6.45, 7) is 2.05. The Morgan fingerprint density at radius 3 is 2.59 bits per heavy atom. The Hall–Kier alpha value is -2.41. The van der Waals surface area contributed by atoms with Gasteiger partial charge in [-0.1, -0.05) is 0 Å². The fraction of sp³-hybridized carbons (Fsp3) is 0.154. The second-order valence-electron chi connectivity index (χ2n) is 3.69. The molecular formula is C13H12N4. The molecule has 0 aliphatic rings.